The number of aromatic nitrogens is 8. The third-order valence-electron chi connectivity index (χ3n) is 17.0. The first-order chi connectivity index (χ1) is 38.4. The highest BCUT2D eigenvalue weighted by molar-refractivity contribution is 7.15. The summed E-state index contributed by atoms with van der Waals surface area (Å²) in [6.07, 6.45) is 20.2. The van der Waals surface area contributed by atoms with Gasteiger partial charge in [-0.05, 0) is 93.3 Å². The van der Waals surface area contributed by atoms with E-state index in [1.54, 1.807) is 18.3 Å². The average Bonchev–Trinajstić information content (AvgIpc) is 3.88. The van der Waals surface area contributed by atoms with Gasteiger partial charge in [0.2, 0.25) is 0 Å². The maximum Gasteiger partial charge on any atom is 0.166 e. The molecule has 0 aliphatic heterocycles. The van der Waals surface area contributed by atoms with Crippen LogP contribution in [0.1, 0.15) is 105 Å². The third-order valence-corrected chi connectivity index (χ3v) is 25.8. The molecule has 4 fully saturated rings. The lowest BCUT2D eigenvalue weighted by molar-refractivity contribution is 0.0940. The van der Waals surface area contributed by atoms with Gasteiger partial charge in [0.25, 0.3) is 0 Å². The second-order valence-corrected chi connectivity index (χ2v) is 53.6. The molecule has 7 atom stereocenters. The van der Waals surface area contributed by atoms with Gasteiger partial charge in [0.15, 0.2) is 11.3 Å². The van der Waals surface area contributed by atoms with E-state index in [9.17, 15) is 5.11 Å². The normalized spacial score (nSPS) is 21.7. The van der Waals surface area contributed by atoms with Crippen LogP contribution in [0.5, 0.6) is 0 Å². The summed E-state index contributed by atoms with van der Waals surface area (Å²) in [4.78, 5) is 25.9. The molecule has 6 heterocycles. The van der Waals surface area contributed by atoms with E-state index in [0.717, 1.165) is 124 Å². The molecule has 3 unspecified atom stereocenters. The Kier molecular flexibility index (Phi) is 20.8. The summed E-state index contributed by atoms with van der Waals surface area (Å²) in [5.41, 5.74) is 8.02. The van der Waals surface area contributed by atoms with E-state index < -0.39 is 38.4 Å². The Balaban J connectivity index is 0.000000196. The highest BCUT2D eigenvalue weighted by Crippen LogP contribution is 2.50. The molecule has 446 valence electrons. The Labute approximate surface area is 496 Å². The topological polar surface area (TPSA) is 150 Å². The van der Waals surface area contributed by atoms with Crippen molar-refractivity contribution in [2.75, 3.05) is 63.2 Å². The highest BCUT2D eigenvalue weighted by Gasteiger charge is 2.38. The smallest absolute Gasteiger partial charge is 0.166 e. The van der Waals surface area contributed by atoms with Crippen molar-refractivity contribution in [3.63, 3.8) is 0 Å². The van der Waals surface area contributed by atoms with Gasteiger partial charge < -0.3 is 33.9 Å². The van der Waals surface area contributed by atoms with Gasteiger partial charge >= 0.3 is 0 Å². The van der Waals surface area contributed by atoms with Crippen molar-refractivity contribution >= 4 is 77.9 Å². The first kappa shape index (κ1) is 62.3. The Morgan fingerprint density at radius 2 is 0.926 bits per heavy atom. The van der Waals surface area contributed by atoms with Gasteiger partial charge in [-0.2, -0.15) is 19.2 Å². The molecular formula is C60H98N10O5S2Si4. The third kappa shape index (κ3) is 17.5. The SMILES string of the molecule is CC(O)c1ncc(-c2cnn3c(N(COCC[Si](C)(C)C)COCC[Si](C)(C)C)cc(C4C[C@H]5CC[C@@H](C4)C5)nc23)s1.C[Si](C)(C)CCOCN(COCC[Si](C)(C)C)c1cc(C2C[C@H]3CC[C@@H](C2)C3)nc2c(-c3cncs3)cnn12. The Bertz CT molecular complexity index is 2880. The molecule has 6 aromatic rings. The molecule has 0 saturated heterocycles. The predicted octanol–water partition coefficient (Wildman–Crippen LogP) is 15.2. The first-order valence-electron chi connectivity index (χ1n) is 30.5. The standard InChI is InChI=1S/C31H51N5O3SSi2.C29H47N5O2SSi2/c1-22(37)31-32-19-28(40-31)26-18-33-36-29(17-27(34-30(26)36)25-15-23-8-9-24(14-23)16-25)35(20-38-10-12-41(2,3)4)21-39-11-13-42(5,6)7;1-38(2,3)11-9-35-20-33(21-36-10-12-39(4,5)6)28-16-26(24-14-22-7-8-23(13-22)15-24)32-29-25(17-31-34(28)29)27-18-30-19-37-27/h17-19,22-25,37H,8-16,20-21H2,1-7H3;16-19,22-24H,7-15,20-21H2,1-6H3/t22?,23-,24+,25?;22-,23+,24?. The molecule has 15 nitrogen and oxygen atoms in total. The summed E-state index contributed by atoms with van der Waals surface area (Å²) in [6.45, 7) is 35.4. The van der Waals surface area contributed by atoms with Crippen LogP contribution in [0.15, 0.2) is 42.4 Å². The van der Waals surface area contributed by atoms with Crippen LogP contribution in [0.4, 0.5) is 11.6 Å². The van der Waals surface area contributed by atoms with Crippen LogP contribution in [-0.2, 0) is 18.9 Å². The fourth-order valence-corrected chi connectivity index (χ4v) is 16.7. The van der Waals surface area contributed by atoms with Crippen LogP contribution >= 0.6 is 22.7 Å². The molecule has 1 N–H and O–H groups in total. The summed E-state index contributed by atoms with van der Waals surface area (Å²) in [5, 5.41) is 20.5. The molecule has 4 saturated carbocycles. The number of anilines is 2. The lowest BCUT2D eigenvalue weighted by Gasteiger charge is -2.30. The lowest BCUT2D eigenvalue weighted by Crippen LogP contribution is -2.33. The molecule has 21 heteroatoms. The predicted molar refractivity (Wildman–Crippen MR) is 345 cm³/mol. The van der Waals surface area contributed by atoms with E-state index in [2.05, 4.69) is 110 Å². The van der Waals surface area contributed by atoms with Crippen LogP contribution in [0.2, 0.25) is 103 Å². The van der Waals surface area contributed by atoms with E-state index in [1.165, 1.54) is 81.2 Å². The Morgan fingerprint density at radius 1 is 0.543 bits per heavy atom. The molecule has 0 radical (unpaired) electrons. The average molecular weight is 1220 g/mol. The number of hydrogen-bond acceptors (Lipinski definition) is 15. The lowest BCUT2D eigenvalue weighted by atomic mass is 9.79. The number of fused-ring (bicyclic) bond motifs is 6. The minimum absolute atomic E-state index is 0.452. The second kappa shape index (κ2) is 27.0. The minimum atomic E-state index is -1.20. The molecular weight excluding hydrogens is 1120 g/mol. The number of thiazole rings is 2. The Hall–Kier alpha value is -3.23. The molecule has 0 amide bonds. The van der Waals surface area contributed by atoms with Crippen molar-refractivity contribution in [2.45, 2.75) is 192 Å². The number of ether oxygens (including phenoxy) is 4. The van der Waals surface area contributed by atoms with Crippen molar-refractivity contribution in [1.29, 1.82) is 0 Å². The monoisotopic (exact) mass is 1210 g/mol. The zero-order valence-corrected chi connectivity index (χ0v) is 57.1. The summed E-state index contributed by atoms with van der Waals surface area (Å²) in [7, 11) is -4.75. The second-order valence-electron chi connectivity index (χ2n) is 29.2. The zero-order chi connectivity index (χ0) is 57.7. The molecule has 6 aromatic heterocycles. The number of hydrogen-bond donors (Lipinski definition) is 1. The molecule has 0 aromatic carbocycles. The van der Waals surface area contributed by atoms with Gasteiger partial charge in [-0.3, -0.25) is 4.98 Å². The number of nitrogens with zero attached hydrogens (tertiary/aromatic N) is 10. The van der Waals surface area contributed by atoms with Gasteiger partial charge in [-0.1, -0.05) is 104 Å². The van der Waals surface area contributed by atoms with E-state index in [-0.39, 0.29) is 0 Å². The van der Waals surface area contributed by atoms with Crippen molar-refractivity contribution in [1.82, 2.24) is 39.2 Å². The van der Waals surface area contributed by atoms with Gasteiger partial charge in [0.1, 0.15) is 49.7 Å². The number of aliphatic hydroxyl groups is 1. The summed E-state index contributed by atoms with van der Waals surface area (Å²) >= 11 is 3.15. The van der Waals surface area contributed by atoms with Crippen LogP contribution in [0.3, 0.4) is 0 Å². The minimum Gasteiger partial charge on any atom is -0.386 e. The van der Waals surface area contributed by atoms with Crippen molar-refractivity contribution < 1.29 is 24.1 Å². The van der Waals surface area contributed by atoms with E-state index >= 15 is 0 Å². The fraction of sp³-hybridized carbons (Fsp3) is 0.700. The largest absolute Gasteiger partial charge is 0.386 e. The van der Waals surface area contributed by atoms with Crippen molar-refractivity contribution in [2.24, 2.45) is 23.7 Å². The first-order valence-corrected chi connectivity index (χ1v) is 47.1. The van der Waals surface area contributed by atoms with E-state index in [4.69, 9.17) is 39.1 Å². The molecule has 4 aliphatic carbocycles. The molecule has 4 aliphatic rings. The summed E-state index contributed by atoms with van der Waals surface area (Å²) < 4.78 is 29.2. The maximum absolute atomic E-state index is 10.1. The Morgan fingerprint density at radius 3 is 1.26 bits per heavy atom. The van der Waals surface area contributed by atoms with E-state index in [0.29, 0.717) is 43.8 Å². The molecule has 4 bridgehead atoms. The highest BCUT2D eigenvalue weighted by atomic mass is 32.1. The van der Waals surface area contributed by atoms with Gasteiger partial charge in [0, 0.05) is 106 Å². The summed E-state index contributed by atoms with van der Waals surface area (Å²) in [6, 6.07) is 9.10. The zero-order valence-electron chi connectivity index (χ0n) is 51.5. The van der Waals surface area contributed by atoms with Crippen LogP contribution < -0.4 is 9.80 Å². The van der Waals surface area contributed by atoms with Gasteiger partial charge in [-0.25, -0.2) is 15.0 Å². The van der Waals surface area contributed by atoms with Crippen LogP contribution in [0.25, 0.3) is 32.2 Å². The number of aliphatic hydroxyl groups excluding tert-OH is 1. The molecule has 0 spiro atoms. The van der Waals surface area contributed by atoms with E-state index in [1.807, 2.05) is 39.3 Å². The fourth-order valence-electron chi connectivity index (χ4n) is 12.2. The number of rotatable bonds is 27. The van der Waals surface area contributed by atoms with Crippen LogP contribution in [0, 0.1) is 23.7 Å². The van der Waals surface area contributed by atoms with Crippen molar-refractivity contribution in [3.8, 4) is 20.9 Å². The maximum atomic E-state index is 10.1. The van der Waals surface area contributed by atoms with Gasteiger partial charge in [-0.15, -0.1) is 22.7 Å². The molecule has 10 rings (SSSR count). The van der Waals surface area contributed by atoms with Crippen molar-refractivity contribution in [3.05, 3.63) is 58.8 Å². The van der Waals surface area contributed by atoms with Gasteiger partial charge in [0.05, 0.1) is 38.8 Å². The summed E-state index contributed by atoms with van der Waals surface area (Å²) in [5.74, 6) is 6.30. The van der Waals surface area contributed by atoms with Crippen LogP contribution in [-0.4, -0.2) is 130 Å². The molecule has 81 heavy (non-hydrogen) atoms. The quantitative estimate of drug-likeness (QED) is 0.0296.